The van der Waals surface area contributed by atoms with E-state index in [1.54, 1.807) is 0 Å². The molecule has 5 N–H and O–H groups in total. The summed E-state index contributed by atoms with van der Waals surface area (Å²) in [5, 5.41) is 2.07. The highest BCUT2D eigenvalue weighted by molar-refractivity contribution is 5.95. The van der Waals surface area contributed by atoms with E-state index < -0.39 is 11.9 Å². The molecule has 1 heterocycles. The fourth-order valence-electron chi connectivity index (χ4n) is 2.21. The smallest absolute Gasteiger partial charge is 0.318 e. The van der Waals surface area contributed by atoms with Crippen molar-refractivity contribution in [3.8, 4) is 0 Å². The zero-order chi connectivity index (χ0) is 13.1. The van der Waals surface area contributed by atoms with Crippen LogP contribution in [0.1, 0.15) is 12.0 Å². The van der Waals surface area contributed by atoms with Crippen molar-refractivity contribution < 1.29 is 9.59 Å². The number of fused-ring (bicyclic) bond motifs is 1. The highest BCUT2D eigenvalue weighted by Gasteiger charge is 2.19. The number of amides is 3. The number of urea groups is 1. The summed E-state index contributed by atoms with van der Waals surface area (Å²) >= 11 is 0. The first kappa shape index (κ1) is 12.2. The van der Waals surface area contributed by atoms with E-state index in [1.807, 2.05) is 23.1 Å². The van der Waals surface area contributed by atoms with Crippen LogP contribution in [-0.2, 0) is 11.2 Å². The van der Waals surface area contributed by atoms with Crippen molar-refractivity contribution >= 4 is 23.3 Å². The van der Waals surface area contributed by atoms with Gasteiger partial charge in [-0.3, -0.25) is 10.1 Å². The first-order valence-corrected chi connectivity index (χ1v) is 5.79. The lowest BCUT2D eigenvalue weighted by Gasteiger charge is -2.30. The van der Waals surface area contributed by atoms with E-state index >= 15 is 0 Å². The van der Waals surface area contributed by atoms with Crippen molar-refractivity contribution in [3.63, 3.8) is 0 Å². The van der Waals surface area contributed by atoms with Crippen molar-refractivity contribution in [1.82, 2.24) is 5.32 Å². The summed E-state index contributed by atoms with van der Waals surface area (Å²) in [7, 11) is 0. The maximum Gasteiger partial charge on any atom is 0.318 e. The zero-order valence-electron chi connectivity index (χ0n) is 9.98. The first-order chi connectivity index (χ1) is 8.56. The van der Waals surface area contributed by atoms with E-state index in [2.05, 4.69) is 5.32 Å². The second-order valence-corrected chi connectivity index (χ2v) is 4.33. The van der Waals surface area contributed by atoms with Crippen LogP contribution < -0.4 is 21.7 Å². The number of nitrogen functional groups attached to an aromatic ring is 1. The van der Waals surface area contributed by atoms with Gasteiger partial charge in [0.25, 0.3) is 0 Å². The molecule has 1 aliphatic rings. The lowest BCUT2D eigenvalue weighted by atomic mass is 10.0. The largest absolute Gasteiger partial charge is 0.399 e. The lowest BCUT2D eigenvalue weighted by Crippen LogP contribution is -2.43. The van der Waals surface area contributed by atoms with Crippen LogP contribution in [-0.4, -0.2) is 25.0 Å². The Labute approximate surface area is 105 Å². The molecule has 2 rings (SSSR count). The minimum Gasteiger partial charge on any atom is -0.399 e. The average Bonchev–Trinajstić information content (AvgIpc) is 2.27. The molecule has 96 valence electrons. The third-order valence-corrected chi connectivity index (χ3v) is 2.92. The number of anilines is 2. The molecule has 1 aromatic carbocycles. The average molecular weight is 248 g/mol. The van der Waals surface area contributed by atoms with Crippen LogP contribution in [0.25, 0.3) is 0 Å². The Bertz CT molecular complexity index is 487. The number of hydrogen-bond acceptors (Lipinski definition) is 4. The van der Waals surface area contributed by atoms with Gasteiger partial charge in [0.1, 0.15) is 0 Å². The Balaban J connectivity index is 2.13. The molecule has 18 heavy (non-hydrogen) atoms. The molecule has 0 radical (unpaired) electrons. The van der Waals surface area contributed by atoms with Crippen LogP contribution in [0, 0.1) is 0 Å². The van der Waals surface area contributed by atoms with E-state index in [0.29, 0.717) is 0 Å². The number of carbonyl (C=O) groups is 2. The predicted molar refractivity (Wildman–Crippen MR) is 69.1 cm³/mol. The van der Waals surface area contributed by atoms with E-state index in [4.69, 9.17) is 11.5 Å². The molecule has 3 amide bonds. The van der Waals surface area contributed by atoms with Gasteiger partial charge in [0.2, 0.25) is 5.91 Å². The van der Waals surface area contributed by atoms with Crippen LogP contribution >= 0.6 is 0 Å². The minimum atomic E-state index is -0.825. The van der Waals surface area contributed by atoms with E-state index in [9.17, 15) is 9.59 Å². The summed E-state index contributed by atoms with van der Waals surface area (Å²) in [6.07, 6.45) is 1.91. The Morgan fingerprint density at radius 2 is 2.17 bits per heavy atom. The minimum absolute atomic E-state index is 0.125. The van der Waals surface area contributed by atoms with Gasteiger partial charge in [-0.15, -0.1) is 0 Å². The second-order valence-electron chi connectivity index (χ2n) is 4.33. The van der Waals surface area contributed by atoms with E-state index in [0.717, 1.165) is 36.3 Å². The van der Waals surface area contributed by atoms with Gasteiger partial charge in [0, 0.05) is 17.9 Å². The predicted octanol–water partition coefficient (Wildman–Crippen LogP) is 0.216. The summed E-state index contributed by atoms with van der Waals surface area (Å²) < 4.78 is 0. The number of carbonyl (C=O) groups excluding carboxylic acids is 2. The maximum absolute atomic E-state index is 11.5. The number of nitrogens with one attached hydrogen (secondary N) is 1. The highest BCUT2D eigenvalue weighted by atomic mass is 16.2. The Morgan fingerprint density at radius 1 is 1.39 bits per heavy atom. The fourth-order valence-corrected chi connectivity index (χ4v) is 2.21. The van der Waals surface area contributed by atoms with Crippen LogP contribution in [0.5, 0.6) is 0 Å². The monoisotopic (exact) mass is 248 g/mol. The Morgan fingerprint density at radius 3 is 2.89 bits per heavy atom. The zero-order valence-corrected chi connectivity index (χ0v) is 9.98. The molecular weight excluding hydrogens is 232 g/mol. The summed E-state index contributed by atoms with van der Waals surface area (Å²) in [6, 6.07) is 4.81. The SMILES string of the molecule is NC(=O)NC(=O)CN1CCCc2cc(N)ccc21. The lowest BCUT2D eigenvalue weighted by molar-refractivity contribution is -0.118. The second kappa shape index (κ2) is 4.95. The molecule has 1 aromatic rings. The quantitative estimate of drug-likeness (QED) is 0.651. The molecule has 0 unspecified atom stereocenters. The molecule has 0 aliphatic carbocycles. The molecule has 0 aromatic heterocycles. The van der Waals surface area contributed by atoms with Crippen LogP contribution in [0.2, 0.25) is 0 Å². The summed E-state index contributed by atoms with van der Waals surface area (Å²) in [5.41, 5.74) is 13.5. The number of hydrogen-bond donors (Lipinski definition) is 3. The Kier molecular flexibility index (Phi) is 3.36. The van der Waals surface area contributed by atoms with E-state index in [-0.39, 0.29) is 6.54 Å². The molecule has 1 aliphatic heterocycles. The normalized spacial score (nSPS) is 13.9. The number of primary amides is 1. The number of nitrogens with zero attached hydrogens (tertiary/aromatic N) is 1. The molecule has 0 fully saturated rings. The number of imide groups is 1. The molecule has 0 saturated carbocycles. The number of rotatable bonds is 2. The topological polar surface area (TPSA) is 101 Å². The van der Waals surface area contributed by atoms with Gasteiger partial charge < -0.3 is 16.4 Å². The van der Waals surface area contributed by atoms with Crippen molar-refractivity contribution in [3.05, 3.63) is 23.8 Å². The van der Waals surface area contributed by atoms with Crippen LogP contribution in [0.4, 0.5) is 16.2 Å². The highest BCUT2D eigenvalue weighted by Crippen LogP contribution is 2.28. The molecule has 6 nitrogen and oxygen atoms in total. The third-order valence-electron chi connectivity index (χ3n) is 2.92. The first-order valence-electron chi connectivity index (χ1n) is 5.79. The standard InChI is InChI=1S/C12H16N4O2/c13-9-3-4-10-8(6-9)2-1-5-16(10)7-11(17)15-12(14)18/h3-4,6H,1-2,5,7,13H2,(H3,14,15,17,18). The van der Waals surface area contributed by atoms with Gasteiger partial charge in [0.05, 0.1) is 6.54 Å². The van der Waals surface area contributed by atoms with Gasteiger partial charge in [-0.25, -0.2) is 4.79 Å². The fraction of sp³-hybridized carbons (Fsp3) is 0.333. The number of aryl methyl sites for hydroxylation is 1. The number of nitrogens with two attached hydrogens (primary N) is 2. The van der Waals surface area contributed by atoms with Gasteiger partial charge in [0.15, 0.2) is 0 Å². The van der Waals surface area contributed by atoms with Gasteiger partial charge >= 0.3 is 6.03 Å². The molecule has 0 saturated heterocycles. The van der Waals surface area contributed by atoms with Gasteiger partial charge in [-0.1, -0.05) is 0 Å². The van der Waals surface area contributed by atoms with Crippen molar-refractivity contribution in [1.29, 1.82) is 0 Å². The van der Waals surface area contributed by atoms with Crippen molar-refractivity contribution in [2.45, 2.75) is 12.8 Å². The van der Waals surface area contributed by atoms with Crippen LogP contribution in [0.15, 0.2) is 18.2 Å². The molecule has 0 spiro atoms. The van der Waals surface area contributed by atoms with Gasteiger partial charge in [-0.2, -0.15) is 0 Å². The molecule has 0 atom stereocenters. The van der Waals surface area contributed by atoms with Crippen molar-refractivity contribution in [2.75, 3.05) is 23.7 Å². The summed E-state index contributed by atoms with van der Waals surface area (Å²) in [4.78, 5) is 24.0. The molecular formula is C12H16N4O2. The van der Waals surface area contributed by atoms with Crippen LogP contribution in [0.3, 0.4) is 0 Å². The Hall–Kier alpha value is -2.24. The molecule has 0 bridgehead atoms. The third kappa shape index (κ3) is 2.71. The summed E-state index contributed by atoms with van der Waals surface area (Å²) in [5.74, 6) is -0.396. The summed E-state index contributed by atoms with van der Waals surface area (Å²) in [6.45, 7) is 0.906. The van der Waals surface area contributed by atoms with E-state index in [1.165, 1.54) is 0 Å². The van der Waals surface area contributed by atoms with Gasteiger partial charge in [-0.05, 0) is 36.6 Å². The number of benzene rings is 1. The molecule has 6 heteroatoms. The van der Waals surface area contributed by atoms with Crippen molar-refractivity contribution in [2.24, 2.45) is 5.73 Å². The maximum atomic E-state index is 11.5.